The molecule has 5 nitrogen and oxygen atoms in total. The number of nitrogens with zero attached hydrogens (tertiary/aromatic N) is 2. The Kier molecular flexibility index (Phi) is 4.25. The summed E-state index contributed by atoms with van der Waals surface area (Å²) in [5.41, 5.74) is 4.46. The van der Waals surface area contributed by atoms with E-state index in [1.807, 2.05) is 30.3 Å². The molecule has 27 heavy (non-hydrogen) atoms. The van der Waals surface area contributed by atoms with Crippen molar-refractivity contribution in [2.24, 2.45) is 0 Å². The van der Waals surface area contributed by atoms with Crippen LogP contribution < -0.4 is 0 Å². The summed E-state index contributed by atoms with van der Waals surface area (Å²) in [6, 6.07) is 15.1. The normalized spacial score (nSPS) is 13.3. The molecule has 1 aromatic heterocycles. The number of hydrogen-bond acceptors (Lipinski definition) is 4. The predicted molar refractivity (Wildman–Crippen MR) is 101 cm³/mol. The van der Waals surface area contributed by atoms with Gasteiger partial charge in [-0.05, 0) is 42.7 Å². The highest BCUT2D eigenvalue weighted by atomic mass is 16.5. The lowest BCUT2D eigenvalue weighted by atomic mass is 9.92. The maximum atomic E-state index is 12.7. The number of carbonyl (C=O) groups excluding carboxylic acids is 2. The van der Waals surface area contributed by atoms with E-state index in [0.29, 0.717) is 35.0 Å². The Morgan fingerprint density at radius 2 is 2.04 bits per heavy atom. The molecule has 134 valence electrons. The average molecular weight is 358 g/mol. The van der Waals surface area contributed by atoms with Crippen LogP contribution in [0.15, 0.2) is 42.5 Å². The van der Waals surface area contributed by atoms with Gasteiger partial charge in [-0.15, -0.1) is 0 Å². The van der Waals surface area contributed by atoms with Crippen molar-refractivity contribution in [2.75, 3.05) is 7.11 Å². The number of carbonyl (C=O) groups is 2. The van der Waals surface area contributed by atoms with E-state index >= 15 is 0 Å². The monoisotopic (exact) mass is 358 g/mol. The number of benzene rings is 2. The summed E-state index contributed by atoms with van der Waals surface area (Å²) in [7, 11) is 1.35. The molecule has 1 heterocycles. The minimum absolute atomic E-state index is 0.0714. The van der Waals surface area contributed by atoms with Gasteiger partial charge >= 0.3 is 5.97 Å². The van der Waals surface area contributed by atoms with Gasteiger partial charge in [0.1, 0.15) is 0 Å². The average Bonchev–Trinajstić information content (AvgIpc) is 3.02. The third-order valence-corrected chi connectivity index (χ3v) is 5.10. The number of hydrogen-bond donors (Lipinski definition) is 0. The highest BCUT2D eigenvalue weighted by Gasteiger charge is 2.28. The summed E-state index contributed by atoms with van der Waals surface area (Å²) in [6.07, 6.45) is 2.08. The molecule has 0 saturated carbocycles. The molecule has 0 amide bonds. The van der Waals surface area contributed by atoms with Crippen LogP contribution in [-0.2, 0) is 17.7 Å². The van der Waals surface area contributed by atoms with Crippen molar-refractivity contribution in [1.82, 2.24) is 4.57 Å². The fourth-order valence-electron chi connectivity index (χ4n) is 3.94. The number of ketones is 1. The van der Waals surface area contributed by atoms with Crippen molar-refractivity contribution in [3.8, 4) is 6.07 Å². The second kappa shape index (κ2) is 6.73. The second-order valence-corrected chi connectivity index (χ2v) is 6.69. The quantitative estimate of drug-likeness (QED) is 0.666. The minimum Gasteiger partial charge on any atom is -0.465 e. The molecule has 4 rings (SSSR count). The fourth-order valence-corrected chi connectivity index (χ4v) is 3.94. The molecule has 0 radical (unpaired) electrons. The van der Waals surface area contributed by atoms with Crippen LogP contribution in [0.2, 0.25) is 0 Å². The molecular weight excluding hydrogens is 340 g/mol. The molecule has 0 unspecified atom stereocenters. The summed E-state index contributed by atoms with van der Waals surface area (Å²) < 4.78 is 7.03. The lowest BCUT2D eigenvalue weighted by Crippen LogP contribution is -2.14. The van der Waals surface area contributed by atoms with Crippen LogP contribution in [0.25, 0.3) is 10.9 Å². The van der Waals surface area contributed by atoms with Crippen LogP contribution in [0.1, 0.15) is 50.4 Å². The van der Waals surface area contributed by atoms with Crippen LogP contribution in [0.3, 0.4) is 0 Å². The molecule has 5 heteroatoms. The van der Waals surface area contributed by atoms with Gasteiger partial charge in [-0.3, -0.25) is 4.79 Å². The Hall–Kier alpha value is -3.39. The maximum Gasteiger partial charge on any atom is 0.338 e. The smallest absolute Gasteiger partial charge is 0.338 e. The number of ether oxygens (including phenoxy) is 1. The van der Waals surface area contributed by atoms with Crippen LogP contribution in [0.4, 0.5) is 0 Å². The van der Waals surface area contributed by atoms with Gasteiger partial charge in [-0.1, -0.05) is 18.2 Å². The number of esters is 1. The summed E-state index contributed by atoms with van der Waals surface area (Å²) >= 11 is 0. The largest absolute Gasteiger partial charge is 0.465 e. The Morgan fingerprint density at radius 3 is 2.81 bits per heavy atom. The fraction of sp³-hybridized carbons (Fsp3) is 0.227. The number of fused-ring (bicyclic) bond motifs is 3. The number of methoxy groups -OCH3 is 1. The van der Waals surface area contributed by atoms with E-state index in [-0.39, 0.29) is 5.78 Å². The van der Waals surface area contributed by atoms with Gasteiger partial charge in [0, 0.05) is 29.6 Å². The van der Waals surface area contributed by atoms with Crippen molar-refractivity contribution in [3.05, 3.63) is 70.4 Å². The van der Waals surface area contributed by atoms with E-state index in [4.69, 9.17) is 10.00 Å². The highest BCUT2D eigenvalue weighted by Crippen LogP contribution is 2.35. The first-order chi connectivity index (χ1) is 13.1. The molecule has 1 aliphatic carbocycles. The summed E-state index contributed by atoms with van der Waals surface area (Å²) in [6.45, 7) is 0.541. The van der Waals surface area contributed by atoms with E-state index < -0.39 is 5.97 Å². The first-order valence-electron chi connectivity index (χ1n) is 8.88. The van der Waals surface area contributed by atoms with Gasteiger partial charge in [-0.2, -0.15) is 5.26 Å². The summed E-state index contributed by atoms with van der Waals surface area (Å²) in [4.78, 5) is 25.0. The first kappa shape index (κ1) is 17.0. The third kappa shape index (κ3) is 2.80. The predicted octanol–water partition coefficient (Wildman–Crippen LogP) is 3.87. The van der Waals surface area contributed by atoms with Crippen LogP contribution in [0, 0.1) is 11.3 Å². The molecule has 3 aromatic rings. The molecule has 0 N–H and O–H groups in total. The third-order valence-electron chi connectivity index (χ3n) is 5.10. The van der Waals surface area contributed by atoms with Gasteiger partial charge in [0.05, 0.1) is 29.8 Å². The van der Waals surface area contributed by atoms with Crippen molar-refractivity contribution in [1.29, 1.82) is 5.26 Å². The van der Waals surface area contributed by atoms with Crippen molar-refractivity contribution < 1.29 is 14.3 Å². The van der Waals surface area contributed by atoms with E-state index in [2.05, 4.69) is 10.6 Å². The second-order valence-electron chi connectivity index (χ2n) is 6.69. The molecule has 0 atom stereocenters. The van der Waals surface area contributed by atoms with Gasteiger partial charge in [-0.25, -0.2) is 4.79 Å². The molecule has 1 aliphatic rings. The lowest BCUT2D eigenvalue weighted by molar-refractivity contribution is 0.0603. The van der Waals surface area contributed by atoms with Crippen LogP contribution >= 0.6 is 0 Å². The zero-order chi connectivity index (χ0) is 19.0. The van der Waals surface area contributed by atoms with Gasteiger partial charge in [0.2, 0.25) is 0 Å². The molecule has 0 bridgehead atoms. The van der Waals surface area contributed by atoms with Gasteiger partial charge < -0.3 is 9.30 Å². The number of Topliss-reactive ketones (excluding diaryl/α,β-unsaturated/α-hetero) is 1. The van der Waals surface area contributed by atoms with Crippen molar-refractivity contribution in [2.45, 2.75) is 25.8 Å². The molecule has 0 saturated heterocycles. The first-order valence-corrected chi connectivity index (χ1v) is 8.88. The lowest BCUT2D eigenvalue weighted by Gasteiger charge is -2.15. The van der Waals surface area contributed by atoms with Gasteiger partial charge in [0.15, 0.2) is 5.78 Å². The molecular formula is C22H18N2O3. The Morgan fingerprint density at radius 1 is 1.22 bits per heavy atom. The zero-order valence-corrected chi connectivity index (χ0v) is 15.0. The van der Waals surface area contributed by atoms with Crippen LogP contribution in [-0.4, -0.2) is 23.4 Å². The Labute approximate surface area is 156 Å². The Bertz CT molecular complexity index is 1120. The van der Waals surface area contributed by atoms with Gasteiger partial charge in [0.25, 0.3) is 0 Å². The standard InChI is InChI=1S/C22H18N2O3/c1-27-22(26)16-7-3-8-17-20(16)21-18(9-4-10-19(21)25)24(17)13-15-6-2-5-14(11-15)12-23/h2-3,5-8,11H,4,9-10,13H2,1H3. The number of rotatable bonds is 3. The number of aromatic nitrogens is 1. The van der Waals surface area contributed by atoms with E-state index in [0.717, 1.165) is 29.6 Å². The summed E-state index contributed by atoms with van der Waals surface area (Å²) in [5.74, 6) is -0.368. The molecule has 0 spiro atoms. The van der Waals surface area contributed by atoms with E-state index in [9.17, 15) is 9.59 Å². The van der Waals surface area contributed by atoms with Crippen molar-refractivity contribution >= 4 is 22.7 Å². The highest BCUT2D eigenvalue weighted by molar-refractivity contribution is 6.16. The topological polar surface area (TPSA) is 72.1 Å². The molecule has 0 fully saturated rings. The SMILES string of the molecule is COC(=O)c1cccc2c1c1c(n2Cc2cccc(C#N)c2)CCCC1=O. The van der Waals surface area contributed by atoms with Crippen LogP contribution in [0.5, 0.6) is 0 Å². The van der Waals surface area contributed by atoms with E-state index in [1.165, 1.54) is 7.11 Å². The Balaban J connectivity index is 1.97. The minimum atomic E-state index is -0.439. The maximum absolute atomic E-state index is 12.7. The zero-order valence-electron chi connectivity index (χ0n) is 15.0. The summed E-state index contributed by atoms with van der Waals surface area (Å²) in [5, 5.41) is 9.84. The van der Waals surface area contributed by atoms with E-state index in [1.54, 1.807) is 12.1 Å². The number of nitriles is 1. The molecule has 0 aliphatic heterocycles. The molecule has 2 aromatic carbocycles. The van der Waals surface area contributed by atoms with Crippen molar-refractivity contribution in [3.63, 3.8) is 0 Å².